The van der Waals surface area contributed by atoms with Crippen molar-refractivity contribution in [3.63, 3.8) is 0 Å². The van der Waals surface area contributed by atoms with Gasteiger partial charge >= 0.3 is 0 Å². The SMILES string of the molecule is CCCC1CCC(C#N)(CC2CCC3(CCCC3)O2)CC1. The number of nitrogens with zero attached hydrogens (tertiary/aromatic N) is 1. The lowest BCUT2D eigenvalue weighted by Gasteiger charge is -2.37. The number of hydrogen-bond donors (Lipinski definition) is 0. The van der Waals surface area contributed by atoms with Gasteiger partial charge in [0.05, 0.1) is 23.2 Å². The lowest BCUT2D eigenvalue weighted by molar-refractivity contribution is -0.0526. The van der Waals surface area contributed by atoms with Crippen molar-refractivity contribution in [2.45, 2.75) is 102 Å². The Morgan fingerprint density at radius 2 is 1.76 bits per heavy atom. The average Bonchev–Trinajstić information content (AvgIpc) is 3.12. The fraction of sp³-hybridized carbons (Fsp3) is 0.947. The van der Waals surface area contributed by atoms with E-state index in [9.17, 15) is 5.26 Å². The molecule has 2 nitrogen and oxygen atoms in total. The molecule has 1 atom stereocenters. The third-order valence-corrected chi connectivity index (χ3v) is 6.47. The molecule has 1 aliphatic heterocycles. The first kappa shape index (κ1) is 15.3. The normalized spacial score (nSPS) is 38.7. The Kier molecular flexibility index (Phi) is 4.60. The van der Waals surface area contributed by atoms with Crippen molar-refractivity contribution >= 4 is 0 Å². The predicted octanol–water partition coefficient (Wildman–Crippen LogP) is 5.37. The second kappa shape index (κ2) is 6.29. The van der Waals surface area contributed by atoms with Crippen LogP contribution < -0.4 is 0 Å². The Bertz CT molecular complexity index is 383. The van der Waals surface area contributed by atoms with Crippen molar-refractivity contribution in [3.8, 4) is 6.07 Å². The van der Waals surface area contributed by atoms with E-state index in [0.29, 0.717) is 6.10 Å². The summed E-state index contributed by atoms with van der Waals surface area (Å²) < 4.78 is 6.46. The van der Waals surface area contributed by atoms with Gasteiger partial charge in [0.2, 0.25) is 0 Å². The van der Waals surface area contributed by atoms with Gasteiger partial charge in [0.25, 0.3) is 0 Å². The molecule has 0 aromatic rings. The predicted molar refractivity (Wildman–Crippen MR) is 84.8 cm³/mol. The molecule has 2 heteroatoms. The van der Waals surface area contributed by atoms with E-state index in [4.69, 9.17) is 4.74 Å². The second-order valence-corrected chi connectivity index (χ2v) is 8.00. The van der Waals surface area contributed by atoms with Crippen molar-refractivity contribution < 1.29 is 4.74 Å². The topological polar surface area (TPSA) is 33.0 Å². The summed E-state index contributed by atoms with van der Waals surface area (Å²) in [6.45, 7) is 2.28. The molecule has 3 fully saturated rings. The Morgan fingerprint density at radius 1 is 1.05 bits per heavy atom. The summed E-state index contributed by atoms with van der Waals surface area (Å²) in [5.41, 5.74) is 0.153. The third kappa shape index (κ3) is 3.29. The first-order valence-corrected chi connectivity index (χ1v) is 9.28. The molecule has 0 amide bonds. The second-order valence-electron chi connectivity index (χ2n) is 8.00. The minimum absolute atomic E-state index is 0.0704. The molecule has 21 heavy (non-hydrogen) atoms. The Morgan fingerprint density at radius 3 is 2.38 bits per heavy atom. The van der Waals surface area contributed by atoms with Crippen LogP contribution in [-0.2, 0) is 4.74 Å². The maximum atomic E-state index is 9.77. The first-order valence-electron chi connectivity index (χ1n) is 9.28. The van der Waals surface area contributed by atoms with Crippen LogP contribution in [0.5, 0.6) is 0 Å². The summed E-state index contributed by atoms with van der Waals surface area (Å²) in [4.78, 5) is 0. The van der Waals surface area contributed by atoms with E-state index in [2.05, 4.69) is 13.0 Å². The fourth-order valence-corrected chi connectivity index (χ4v) is 5.15. The minimum atomic E-state index is -0.0704. The summed E-state index contributed by atoms with van der Waals surface area (Å²) in [7, 11) is 0. The van der Waals surface area contributed by atoms with E-state index in [1.807, 2.05) is 0 Å². The molecule has 2 aliphatic carbocycles. The molecule has 0 bridgehead atoms. The van der Waals surface area contributed by atoms with Gasteiger partial charge in [0, 0.05) is 0 Å². The Balaban J connectivity index is 1.55. The fourth-order valence-electron chi connectivity index (χ4n) is 5.15. The van der Waals surface area contributed by atoms with Crippen LogP contribution in [0.3, 0.4) is 0 Å². The molecule has 1 unspecified atom stereocenters. The highest BCUT2D eigenvalue weighted by atomic mass is 16.5. The molecule has 0 aromatic heterocycles. The molecular weight excluding hydrogens is 258 g/mol. The molecule has 118 valence electrons. The molecular formula is C19H31NO. The van der Waals surface area contributed by atoms with Crippen molar-refractivity contribution in [2.24, 2.45) is 11.3 Å². The van der Waals surface area contributed by atoms with E-state index in [1.165, 1.54) is 64.2 Å². The lowest BCUT2D eigenvalue weighted by Crippen LogP contribution is -2.32. The smallest absolute Gasteiger partial charge is 0.0690 e. The van der Waals surface area contributed by atoms with E-state index < -0.39 is 0 Å². The molecule has 3 rings (SSSR count). The molecule has 3 aliphatic rings. The van der Waals surface area contributed by atoms with Gasteiger partial charge in [-0.05, 0) is 63.7 Å². The van der Waals surface area contributed by atoms with Crippen LogP contribution in [0.2, 0.25) is 0 Å². The van der Waals surface area contributed by atoms with Crippen molar-refractivity contribution in [1.29, 1.82) is 5.26 Å². The molecule has 0 aromatic carbocycles. The van der Waals surface area contributed by atoms with E-state index in [1.54, 1.807) is 0 Å². The summed E-state index contributed by atoms with van der Waals surface area (Å²) in [5.74, 6) is 0.877. The molecule has 1 spiro atoms. The molecule has 1 heterocycles. The molecule has 1 saturated heterocycles. The van der Waals surface area contributed by atoms with Crippen molar-refractivity contribution in [1.82, 2.24) is 0 Å². The maximum Gasteiger partial charge on any atom is 0.0690 e. The zero-order valence-electron chi connectivity index (χ0n) is 13.7. The highest BCUT2D eigenvalue weighted by molar-refractivity contribution is 5.04. The van der Waals surface area contributed by atoms with Gasteiger partial charge in [-0.3, -0.25) is 0 Å². The Labute approximate surface area is 130 Å². The van der Waals surface area contributed by atoms with E-state index in [-0.39, 0.29) is 11.0 Å². The highest BCUT2D eigenvalue weighted by Crippen LogP contribution is 2.49. The largest absolute Gasteiger partial charge is 0.372 e. The molecule has 0 N–H and O–H groups in total. The van der Waals surface area contributed by atoms with Gasteiger partial charge in [-0.1, -0.05) is 32.6 Å². The zero-order valence-corrected chi connectivity index (χ0v) is 13.7. The highest BCUT2D eigenvalue weighted by Gasteiger charge is 2.45. The summed E-state index contributed by atoms with van der Waals surface area (Å²) >= 11 is 0. The monoisotopic (exact) mass is 289 g/mol. The average molecular weight is 289 g/mol. The van der Waals surface area contributed by atoms with Crippen LogP contribution in [-0.4, -0.2) is 11.7 Å². The van der Waals surface area contributed by atoms with Gasteiger partial charge < -0.3 is 4.74 Å². The van der Waals surface area contributed by atoms with Crippen LogP contribution in [0, 0.1) is 22.7 Å². The maximum absolute atomic E-state index is 9.77. The van der Waals surface area contributed by atoms with Crippen molar-refractivity contribution in [2.75, 3.05) is 0 Å². The van der Waals surface area contributed by atoms with E-state index >= 15 is 0 Å². The number of ether oxygens (including phenoxy) is 1. The quantitative estimate of drug-likeness (QED) is 0.697. The van der Waals surface area contributed by atoms with Gasteiger partial charge in [-0.15, -0.1) is 0 Å². The van der Waals surface area contributed by atoms with Gasteiger partial charge in [-0.25, -0.2) is 0 Å². The number of nitriles is 1. The first-order chi connectivity index (χ1) is 10.2. The summed E-state index contributed by atoms with van der Waals surface area (Å²) in [6.07, 6.45) is 16.4. The van der Waals surface area contributed by atoms with Gasteiger partial charge in [-0.2, -0.15) is 5.26 Å². The minimum Gasteiger partial charge on any atom is -0.372 e. The van der Waals surface area contributed by atoms with Crippen LogP contribution >= 0.6 is 0 Å². The van der Waals surface area contributed by atoms with Crippen LogP contribution in [0.1, 0.15) is 90.4 Å². The number of rotatable bonds is 4. The van der Waals surface area contributed by atoms with Gasteiger partial charge in [0.1, 0.15) is 0 Å². The van der Waals surface area contributed by atoms with Crippen LogP contribution in [0.25, 0.3) is 0 Å². The van der Waals surface area contributed by atoms with Gasteiger partial charge in [0.15, 0.2) is 0 Å². The molecule has 0 radical (unpaired) electrons. The standard InChI is InChI=1S/C19H31NO/c1-2-5-16-6-11-18(15-20,12-7-16)14-17-8-13-19(21-17)9-3-4-10-19/h16-17H,2-14H2,1H3. The molecule has 2 saturated carbocycles. The van der Waals surface area contributed by atoms with Crippen LogP contribution in [0.15, 0.2) is 0 Å². The lowest BCUT2D eigenvalue weighted by atomic mass is 9.67. The summed E-state index contributed by atoms with van der Waals surface area (Å²) in [5, 5.41) is 9.77. The Hall–Kier alpha value is -0.550. The summed E-state index contributed by atoms with van der Waals surface area (Å²) in [6, 6.07) is 2.71. The van der Waals surface area contributed by atoms with E-state index in [0.717, 1.165) is 25.2 Å². The number of hydrogen-bond acceptors (Lipinski definition) is 2. The zero-order chi connectivity index (χ0) is 14.8. The van der Waals surface area contributed by atoms with Crippen LogP contribution in [0.4, 0.5) is 0 Å². The van der Waals surface area contributed by atoms with Crippen molar-refractivity contribution in [3.05, 3.63) is 0 Å². The third-order valence-electron chi connectivity index (χ3n) is 6.47.